The van der Waals surface area contributed by atoms with Crippen LogP contribution in [-0.2, 0) is 9.53 Å². The molecular formula is C8H18N2O2. The predicted octanol–water partition coefficient (Wildman–Crippen LogP) is -0.251. The molecule has 4 nitrogen and oxygen atoms in total. The summed E-state index contributed by atoms with van der Waals surface area (Å²) in [7, 11) is 3.33. The Balaban J connectivity index is 2.95. The van der Waals surface area contributed by atoms with E-state index in [9.17, 15) is 4.79 Å². The Morgan fingerprint density at radius 2 is 2.17 bits per heavy atom. The number of hydrogen-bond acceptors (Lipinski definition) is 3. The standard InChI is InChI=1S/C8H18N2O2/c1-9-8(11)4-6-10-5-3-7-12-2/h10H,3-7H2,1-2H3,(H,9,11). The third-order valence-electron chi connectivity index (χ3n) is 1.51. The lowest BCUT2D eigenvalue weighted by Crippen LogP contribution is -2.25. The third-order valence-corrected chi connectivity index (χ3v) is 1.51. The van der Waals surface area contributed by atoms with Crippen LogP contribution in [0, 0.1) is 0 Å². The van der Waals surface area contributed by atoms with Crippen molar-refractivity contribution in [2.45, 2.75) is 12.8 Å². The second kappa shape index (κ2) is 8.49. The van der Waals surface area contributed by atoms with Crippen molar-refractivity contribution in [2.75, 3.05) is 33.9 Å². The van der Waals surface area contributed by atoms with Crippen LogP contribution in [-0.4, -0.2) is 39.8 Å². The summed E-state index contributed by atoms with van der Waals surface area (Å²) < 4.78 is 4.87. The molecular weight excluding hydrogens is 156 g/mol. The summed E-state index contributed by atoms with van der Waals surface area (Å²) in [5.41, 5.74) is 0. The van der Waals surface area contributed by atoms with Gasteiger partial charge in [0.15, 0.2) is 0 Å². The van der Waals surface area contributed by atoms with Crippen molar-refractivity contribution in [2.24, 2.45) is 0 Å². The monoisotopic (exact) mass is 174 g/mol. The van der Waals surface area contributed by atoms with Gasteiger partial charge in [-0.25, -0.2) is 0 Å². The summed E-state index contributed by atoms with van der Waals surface area (Å²) in [5.74, 6) is 0.0780. The average molecular weight is 174 g/mol. The highest BCUT2D eigenvalue weighted by Gasteiger charge is 1.95. The van der Waals surface area contributed by atoms with E-state index in [0.717, 1.165) is 26.1 Å². The van der Waals surface area contributed by atoms with E-state index >= 15 is 0 Å². The maximum atomic E-state index is 10.7. The number of rotatable bonds is 7. The molecule has 0 aromatic carbocycles. The van der Waals surface area contributed by atoms with E-state index in [1.807, 2.05) is 0 Å². The number of methoxy groups -OCH3 is 1. The maximum absolute atomic E-state index is 10.7. The number of nitrogens with one attached hydrogen (secondary N) is 2. The largest absolute Gasteiger partial charge is 0.385 e. The third kappa shape index (κ3) is 7.50. The molecule has 12 heavy (non-hydrogen) atoms. The number of hydrogen-bond donors (Lipinski definition) is 2. The van der Waals surface area contributed by atoms with Crippen LogP contribution in [0.1, 0.15) is 12.8 Å². The predicted molar refractivity (Wildman–Crippen MR) is 48.0 cm³/mol. The molecule has 0 unspecified atom stereocenters. The van der Waals surface area contributed by atoms with Gasteiger partial charge in [-0.15, -0.1) is 0 Å². The molecule has 0 heterocycles. The molecule has 0 radical (unpaired) electrons. The Kier molecular flexibility index (Phi) is 8.05. The lowest BCUT2D eigenvalue weighted by molar-refractivity contribution is -0.120. The Morgan fingerprint density at radius 3 is 2.75 bits per heavy atom. The van der Waals surface area contributed by atoms with Gasteiger partial charge in [-0.3, -0.25) is 4.79 Å². The first-order chi connectivity index (χ1) is 5.81. The van der Waals surface area contributed by atoms with Crippen LogP contribution in [0.3, 0.4) is 0 Å². The molecule has 0 fully saturated rings. The first kappa shape index (κ1) is 11.4. The Labute approximate surface area is 73.7 Å². The first-order valence-corrected chi connectivity index (χ1v) is 4.21. The van der Waals surface area contributed by atoms with Gasteiger partial charge >= 0.3 is 0 Å². The summed E-state index contributed by atoms with van der Waals surface area (Å²) >= 11 is 0. The van der Waals surface area contributed by atoms with Crippen LogP contribution in [0.15, 0.2) is 0 Å². The molecule has 0 rings (SSSR count). The lowest BCUT2D eigenvalue weighted by atomic mass is 10.4. The van der Waals surface area contributed by atoms with Gasteiger partial charge in [0.25, 0.3) is 0 Å². The summed E-state index contributed by atoms with van der Waals surface area (Å²) in [5, 5.41) is 5.71. The normalized spacial score (nSPS) is 9.83. The highest BCUT2D eigenvalue weighted by molar-refractivity contribution is 5.75. The topological polar surface area (TPSA) is 50.4 Å². The molecule has 0 aliphatic rings. The highest BCUT2D eigenvalue weighted by atomic mass is 16.5. The van der Waals surface area contributed by atoms with Crippen LogP contribution in [0.2, 0.25) is 0 Å². The van der Waals surface area contributed by atoms with E-state index < -0.39 is 0 Å². The second-order valence-electron chi connectivity index (χ2n) is 2.52. The van der Waals surface area contributed by atoms with Crippen molar-refractivity contribution in [3.63, 3.8) is 0 Å². The number of ether oxygens (including phenoxy) is 1. The fourth-order valence-electron chi connectivity index (χ4n) is 0.793. The van der Waals surface area contributed by atoms with Crippen molar-refractivity contribution >= 4 is 5.91 Å². The van der Waals surface area contributed by atoms with E-state index in [-0.39, 0.29) is 5.91 Å². The number of carbonyl (C=O) groups is 1. The molecule has 0 atom stereocenters. The molecule has 0 aliphatic heterocycles. The molecule has 0 aromatic rings. The van der Waals surface area contributed by atoms with Gasteiger partial charge in [-0.2, -0.15) is 0 Å². The minimum atomic E-state index is 0.0780. The van der Waals surface area contributed by atoms with E-state index in [0.29, 0.717) is 6.42 Å². The molecule has 0 bridgehead atoms. The first-order valence-electron chi connectivity index (χ1n) is 4.21. The van der Waals surface area contributed by atoms with Crippen LogP contribution in [0.4, 0.5) is 0 Å². The van der Waals surface area contributed by atoms with Gasteiger partial charge in [0.2, 0.25) is 5.91 Å². The molecule has 72 valence electrons. The van der Waals surface area contributed by atoms with Gasteiger partial charge in [-0.05, 0) is 13.0 Å². The van der Waals surface area contributed by atoms with E-state index in [2.05, 4.69) is 10.6 Å². The number of amides is 1. The van der Waals surface area contributed by atoms with Gasteiger partial charge in [0, 0.05) is 33.7 Å². The minimum absolute atomic E-state index is 0.0780. The molecule has 0 saturated heterocycles. The van der Waals surface area contributed by atoms with Crippen molar-refractivity contribution in [1.82, 2.24) is 10.6 Å². The molecule has 2 N–H and O–H groups in total. The highest BCUT2D eigenvalue weighted by Crippen LogP contribution is 1.79. The van der Waals surface area contributed by atoms with E-state index in [4.69, 9.17) is 4.74 Å². The smallest absolute Gasteiger partial charge is 0.221 e. The summed E-state index contributed by atoms with van der Waals surface area (Å²) in [6.45, 7) is 2.42. The van der Waals surface area contributed by atoms with E-state index in [1.54, 1.807) is 14.2 Å². The van der Waals surface area contributed by atoms with Crippen LogP contribution in [0.25, 0.3) is 0 Å². The molecule has 0 aromatic heterocycles. The zero-order valence-corrected chi connectivity index (χ0v) is 7.85. The quantitative estimate of drug-likeness (QED) is 0.523. The fourth-order valence-corrected chi connectivity index (χ4v) is 0.793. The summed E-state index contributed by atoms with van der Waals surface area (Å²) in [6.07, 6.45) is 1.54. The minimum Gasteiger partial charge on any atom is -0.385 e. The Morgan fingerprint density at radius 1 is 1.42 bits per heavy atom. The van der Waals surface area contributed by atoms with Gasteiger partial charge < -0.3 is 15.4 Å². The van der Waals surface area contributed by atoms with Crippen LogP contribution >= 0.6 is 0 Å². The maximum Gasteiger partial charge on any atom is 0.221 e. The molecule has 1 amide bonds. The molecule has 0 spiro atoms. The van der Waals surface area contributed by atoms with Crippen LogP contribution in [0.5, 0.6) is 0 Å². The second-order valence-corrected chi connectivity index (χ2v) is 2.52. The Hall–Kier alpha value is -0.610. The van der Waals surface area contributed by atoms with Crippen molar-refractivity contribution < 1.29 is 9.53 Å². The van der Waals surface area contributed by atoms with Crippen molar-refractivity contribution in [3.05, 3.63) is 0 Å². The van der Waals surface area contributed by atoms with Crippen LogP contribution < -0.4 is 10.6 Å². The van der Waals surface area contributed by atoms with Crippen molar-refractivity contribution in [3.8, 4) is 0 Å². The summed E-state index contributed by atoms with van der Waals surface area (Å²) in [4.78, 5) is 10.7. The zero-order valence-electron chi connectivity index (χ0n) is 7.85. The average Bonchev–Trinajstić information content (AvgIpc) is 2.10. The fraction of sp³-hybridized carbons (Fsp3) is 0.875. The SMILES string of the molecule is CNC(=O)CCNCCCOC. The molecule has 0 aliphatic carbocycles. The van der Waals surface area contributed by atoms with E-state index in [1.165, 1.54) is 0 Å². The molecule has 4 heteroatoms. The molecule has 0 saturated carbocycles. The number of carbonyl (C=O) groups excluding carboxylic acids is 1. The zero-order chi connectivity index (χ0) is 9.23. The van der Waals surface area contributed by atoms with Gasteiger partial charge in [0.1, 0.15) is 0 Å². The Bertz CT molecular complexity index is 118. The van der Waals surface area contributed by atoms with Gasteiger partial charge in [-0.1, -0.05) is 0 Å². The van der Waals surface area contributed by atoms with Crippen molar-refractivity contribution in [1.29, 1.82) is 0 Å². The summed E-state index contributed by atoms with van der Waals surface area (Å²) in [6, 6.07) is 0. The lowest BCUT2D eigenvalue weighted by Gasteiger charge is -2.02. The van der Waals surface area contributed by atoms with Gasteiger partial charge in [0.05, 0.1) is 0 Å².